The summed E-state index contributed by atoms with van der Waals surface area (Å²) in [5.41, 5.74) is 1.34. The van der Waals surface area contributed by atoms with E-state index in [1.807, 2.05) is 12.4 Å². The van der Waals surface area contributed by atoms with Crippen LogP contribution in [0.25, 0.3) is 0 Å². The molecule has 1 saturated carbocycles. The molecule has 1 aliphatic rings. The molecule has 0 unspecified atom stereocenters. The fourth-order valence-corrected chi connectivity index (χ4v) is 2.25. The largest absolute Gasteiger partial charge is 0.310 e. The monoisotopic (exact) mass is 240 g/mol. The van der Waals surface area contributed by atoms with Crippen molar-refractivity contribution >= 4 is 12.4 Å². The van der Waals surface area contributed by atoms with E-state index in [1.54, 1.807) is 0 Å². The van der Waals surface area contributed by atoms with E-state index in [0.717, 1.165) is 12.6 Å². The Labute approximate surface area is 104 Å². The maximum Gasteiger partial charge on any atom is 0.0271 e. The summed E-state index contributed by atoms with van der Waals surface area (Å²) in [6, 6.07) is 4.91. The molecule has 0 radical (unpaired) electrons. The Hall–Kier alpha value is -0.600. The molecule has 1 fully saturated rings. The minimum atomic E-state index is 0. The minimum absolute atomic E-state index is 0. The van der Waals surface area contributed by atoms with Crippen LogP contribution in [0.1, 0.15) is 44.1 Å². The quantitative estimate of drug-likeness (QED) is 0.820. The molecular weight excluding hydrogens is 220 g/mol. The summed E-state index contributed by atoms with van der Waals surface area (Å²) in [5.74, 6) is 0. The normalized spacial score (nSPS) is 17.5. The highest BCUT2D eigenvalue weighted by Crippen LogP contribution is 2.17. The van der Waals surface area contributed by atoms with Crippen molar-refractivity contribution in [3.05, 3.63) is 30.1 Å². The Morgan fingerprint density at radius 2 is 1.69 bits per heavy atom. The molecule has 3 heteroatoms. The second-order valence-electron chi connectivity index (χ2n) is 4.42. The zero-order valence-electron chi connectivity index (χ0n) is 9.69. The Bertz CT molecular complexity index is 269. The third-order valence-electron chi connectivity index (χ3n) is 3.20. The van der Waals surface area contributed by atoms with Crippen LogP contribution >= 0.6 is 12.4 Å². The van der Waals surface area contributed by atoms with E-state index in [0.29, 0.717) is 0 Å². The molecule has 1 aliphatic carbocycles. The van der Waals surface area contributed by atoms with E-state index in [4.69, 9.17) is 0 Å². The standard InChI is InChI=1S/C13H20N2.ClH/c1-2-4-6-13(5-3-1)15-11-12-7-9-14-10-8-12;/h7-10,13,15H,1-6,11H2;1H. The molecule has 1 heterocycles. The van der Waals surface area contributed by atoms with Crippen molar-refractivity contribution in [3.63, 3.8) is 0 Å². The van der Waals surface area contributed by atoms with Crippen molar-refractivity contribution in [3.8, 4) is 0 Å². The van der Waals surface area contributed by atoms with Crippen LogP contribution in [0.5, 0.6) is 0 Å². The van der Waals surface area contributed by atoms with Crippen LogP contribution in [0.4, 0.5) is 0 Å². The highest BCUT2D eigenvalue weighted by atomic mass is 35.5. The van der Waals surface area contributed by atoms with E-state index in [2.05, 4.69) is 22.4 Å². The van der Waals surface area contributed by atoms with Crippen molar-refractivity contribution in [2.75, 3.05) is 0 Å². The van der Waals surface area contributed by atoms with Gasteiger partial charge in [0.15, 0.2) is 0 Å². The molecule has 2 nitrogen and oxygen atoms in total. The zero-order chi connectivity index (χ0) is 10.3. The molecule has 0 aliphatic heterocycles. The van der Waals surface area contributed by atoms with E-state index >= 15 is 0 Å². The van der Waals surface area contributed by atoms with Crippen molar-refractivity contribution in [2.24, 2.45) is 0 Å². The van der Waals surface area contributed by atoms with E-state index in [1.165, 1.54) is 44.1 Å². The van der Waals surface area contributed by atoms with Gasteiger partial charge in [0.05, 0.1) is 0 Å². The SMILES string of the molecule is Cl.c1cc(CNC2CCCCCC2)ccn1. The van der Waals surface area contributed by atoms with Gasteiger partial charge in [-0.1, -0.05) is 25.7 Å². The molecular formula is C13H21ClN2. The van der Waals surface area contributed by atoms with Crippen LogP contribution in [0.15, 0.2) is 24.5 Å². The van der Waals surface area contributed by atoms with Crippen LogP contribution in [0.3, 0.4) is 0 Å². The van der Waals surface area contributed by atoms with Gasteiger partial charge in [-0.3, -0.25) is 4.98 Å². The fraction of sp³-hybridized carbons (Fsp3) is 0.615. The van der Waals surface area contributed by atoms with Gasteiger partial charge in [0, 0.05) is 25.0 Å². The number of hydrogen-bond acceptors (Lipinski definition) is 2. The molecule has 0 amide bonds. The maximum atomic E-state index is 4.03. The van der Waals surface area contributed by atoms with Crippen LogP contribution in [-0.2, 0) is 6.54 Å². The zero-order valence-corrected chi connectivity index (χ0v) is 10.5. The lowest BCUT2D eigenvalue weighted by molar-refractivity contribution is 0.459. The van der Waals surface area contributed by atoms with Crippen LogP contribution in [0, 0.1) is 0 Å². The molecule has 0 spiro atoms. The molecule has 0 saturated heterocycles. The number of pyridine rings is 1. The summed E-state index contributed by atoms with van der Waals surface area (Å²) in [4.78, 5) is 4.03. The molecule has 16 heavy (non-hydrogen) atoms. The van der Waals surface area contributed by atoms with Crippen LogP contribution in [0.2, 0.25) is 0 Å². The van der Waals surface area contributed by atoms with Crippen LogP contribution < -0.4 is 5.32 Å². The summed E-state index contributed by atoms with van der Waals surface area (Å²) in [7, 11) is 0. The predicted octanol–water partition coefficient (Wildman–Crippen LogP) is 3.32. The van der Waals surface area contributed by atoms with Gasteiger partial charge >= 0.3 is 0 Å². The van der Waals surface area contributed by atoms with Gasteiger partial charge in [0.1, 0.15) is 0 Å². The van der Waals surface area contributed by atoms with Gasteiger partial charge in [-0.2, -0.15) is 0 Å². The van der Waals surface area contributed by atoms with Crippen molar-refractivity contribution in [2.45, 2.75) is 51.1 Å². The Morgan fingerprint density at radius 3 is 2.31 bits per heavy atom. The third kappa shape index (κ3) is 4.50. The first kappa shape index (κ1) is 13.5. The molecule has 1 aromatic rings. The first-order chi connectivity index (χ1) is 7.45. The van der Waals surface area contributed by atoms with Crippen molar-refractivity contribution < 1.29 is 0 Å². The maximum absolute atomic E-state index is 4.03. The lowest BCUT2D eigenvalue weighted by Gasteiger charge is -2.15. The summed E-state index contributed by atoms with van der Waals surface area (Å²) in [6.45, 7) is 0.993. The number of aromatic nitrogens is 1. The number of hydrogen-bond donors (Lipinski definition) is 1. The molecule has 1 N–H and O–H groups in total. The van der Waals surface area contributed by atoms with Crippen molar-refractivity contribution in [1.29, 1.82) is 0 Å². The summed E-state index contributed by atoms with van der Waals surface area (Å²) < 4.78 is 0. The Morgan fingerprint density at radius 1 is 1.06 bits per heavy atom. The number of halogens is 1. The van der Waals surface area contributed by atoms with Gasteiger partial charge in [0.2, 0.25) is 0 Å². The first-order valence-electron chi connectivity index (χ1n) is 6.07. The highest BCUT2D eigenvalue weighted by Gasteiger charge is 2.10. The van der Waals surface area contributed by atoms with Crippen LogP contribution in [-0.4, -0.2) is 11.0 Å². The van der Waals surface area contributed by atoms with Gasteiger partial charge in [0.25, 0.3) is 0 Å². The first-order valence-corrected chi connectivity index (χ1v) is 6.07. The smallest absolute Gasteiger partial charge is 0.0271 e. The average Bonchev–Trinajstić information content (AvgIpc) is 2.56. The third-order valence-corrected chi connectivity index (χ3v) is 3.20. The lowest BCUT2D eigenvalue weighted by atomic mass is 10.1. The number of nitrogens with one attached hydrogen (secondary N) is 1. The second kappa shape index (κ2) is 7.64. The highest BCUT2D eigenvalue weighted by molar-refractivity contribution is 5.85. The van der Waals surface area contributed by atoms with Crippen molar-refractivity contribution in [1.82, 2.24) is 10.3 Å². The second-order valence-corrected chi connectivity index (χ2v) is 4.42. The summed E-state index contributed by atoms with van der Waals surface area (Å²) >= 11 is 0. The Balaban J connectivity index is 0.00000128. The molecule has 0 atom stereocenters. The van der Waals surface area contributed by atoms with E-state index in [9.17, 15) is 0 Å². The molecule has 1 aromatic heterocycles. The number of nitrogens with zero attached hydrogens (tertiary/aromatic N) is 1. The topological polar surface area (TPSA) is 24.9 Å². The minimum Gasteiger partial charge on any atom is -0.310 e. The number of rotatable bonds is 3. The molecule has 0 bridgehead atoms. The molecule has 2 rings (SSSR count). The van der Waals surface area contributed by atoms with Gasteiger partial charge in [-0.15, -0.1) is 12.4 Å². The van der Waals surface area contributed by atoms with Gasteiger partial charge in [-0.25, -0.2) is 0 Å². The summed E-state index contributed by atoms with van der Waals surface area (Å²) in [6.07, 6.45) is 12.1. The molecule has 0 aromatic carbocycles. The predicted molar refractivity (Wildman–Crippen MR) is 69.8 cm³/mol. The van der Waals surface area contributed by atoms with E-state index < -0.39 is 0 Å². The summed E-state index contributed by atoms with van der Waals surface area (Å²) in [5, 5.41) is 3.65. The van der Waals surface area contributed by atoms with Gasteiger partial charge < -0.3 is 5.32 Å². The Kier molecular flexibility index (Phi) is 6.43. The lowest BCUT2D eigenvalue weighted by Crippen LogP contribution is -2.27. The fourth-order valence-electron chi connectivity index (χ4n) is 2.25. The van der Waals surface area contributed by atoms with E-state index in [-0.39, 0.29) is 12.4 Å². The molecule has 90 valence electrons. The van der Waals surface area contributed by atoms with Gasteiger partial charge in [-0.05, 0) is 30.5 Å². The average molecular weight is 241 g/mol.